The van der Waals surface area contributed by atoms with Gasteiger partial charge in [-0.1, -0.05) is 44.2 Å². The third-order valence-electron chi connectivity index (χ3n) is 9.61. The minimum atomic E-state index is -0.564. The van der Waals surface area contributed by atoms with Gasteiger partial charge in [0.2, 0.25) is 12.7 Å². The summed E-state index contributed by atoms with van der Waals surface area (Å²) < 4.78 is 22.7. The molecule has 1 unspecified atom stereocenters. The molecule has 1 fully saturated rings. The van der Waals surface area contributed by atoms with Gasteiger partial charge < -0.3 is 34.1 Å². The zero-order chi connectivity index (χ0) is 32.7. The molecule has 1 aliphatic carbocycles. The first kappa shape index (κ1) is 30.9. The lowest BCUT2D eigenvalue weighted by Gasteiger charge is -2.40. The normalized spacial score (nSPS) is 20.3. The maximum Gasteiger partial charge on any atom is 0.242 e. The molecule has 1 atom stereocenters. The van der Waals surface area contributed by atoms with Gasteiger partial charge in [-0.05, 0) is 47.7 Å². The number of nitrogens with zero attached hydrogens (tertiary/aromatic N) is 3. The first-order chi connectivity index (χ1) is 22.7. The van der Waals surface area contributed by atoms with Crippen LogP contribution >= 0.6 is 0 Å². The van der Waals surface area contributed by atoms with E-state index in [1.807, 2.05) is 59.5 Å². The lowest BCUT2D eigenvalue weighted by molar-refractivity contribution is -0.131. The van der Waals surface area contributed by atoms with Gasteiger partial charge in [-0.3, -0.25) is 14.5 Å². The zero-order valence-electron chi connectivity index (χ0n) is 27.5. The number of allylic oxidation sites excluding steroid dienone is 1. The molecule has 10 heteroatoms. The van der Waals surface area contributed by atoms with Crippen LogP contribution in [0.5, 0.6) is 23.0 Å². The summed E-state index contributed by atoms with van der Waals surface area (Å²) in [6.45, 7) is 8.13. The first-order valence-corrected chi connectivity index (χ1v) is 16.2. The molecule has 10 nitrogen and oxygen atoms in total. The van der Waals surface area contributed by atoms with Crippen molar-refractivity contribution in [2.75, 3.05) is 64.0 Å². The van der Waals surface area contributed by atoms with Gasteiger partial charge in [0.1, 0.15) is 0 Å². The molecule has 4 aliphatic rings. The van der Waals surface area contributed by atoms with Crippen LogP contribution in [0.15, 0.2) is 71.9 Å². The number of carbonyl (C=O) groups is 2. The van der Waals surface area contributed by atoms with Crippen LogP contribution in [0, 0.1) is 5.41 Å². The number of ether oxygens (including phenoxy) is 4. The second-order valence-corrected chi connectivity index (χ2v) is 13.4. The lowest BCUT2D eigenvalue weighted by Crippen LogP contribution is -2.51. The Labute approximate surface area is 275 Å². The fraction of sp³-hybridized carbons (Fsp3) is 0.405. The van der Waals surface area contributed by atoms with Gasteiger partial charge in [0.15, 0.2) is 28.8 Å². The fourth-order valence-corrected chi connectivity index (χ4v) is 7.38. The number of hydrogen-bond donors (Lipinski definition) is 1. The number of rotatable bonds is 7. The van der Waals surface area contributed by atoms with Crippen molar-refractivity contribution in [1.29, 1.82) is 0 Å². The van der Waals surface area contributed by atoms with E-state index < -0.39 is 6.04 Å². The highest BCUT2D eigenvalue weighted by atomic mass is 16.7. The second-order valence-electron chi connectivity index (χ2n) is 13.4. The van der Waals surface area contributed by atoms with Gasteiger partial charge in [-0.15, -0.1) is 0 Å². The second kappa shape index (κ2) is 12.5. The highest BCUT2D eigenvalue weighted by Crippen LogP contribution is 2.50. The van der Waals surface area contributed by atoms with Gasteiger partial charge in [0.05, 0.1) is 38.2 Å². The van der Waals surface area contributed by atoms with E-state index in [1.54, 1.807) is 14.2 Å². The summed E-state index contributed by atoms with van der Waals surface area (Å²) in [5, 5.41) is 3.64. The lowest BCUT2D eigenvalue weighted by atomic mass is 9.73. The number of piperazine rings is 1. The maximum atomic E-state index is 14.2. The van der Waals surface area contributed by atoms with E-state index in [-0.39, 0.29) is 30.4 Å². The van der Waals surface area contributed by atoms with E-state index in [4.69, 9.17) is 18.9 Å². The highest BCUT2D eigenvalue weighted by molar-refractivity contribution is 6.02. The molecule has 246 valence electrons. The molecule has 1 amide bonds. The molecule has 3 aromatic rings. The van der Waals surface area contributed by atoms with E-state index in [9.17, 15) is 9.59 Å². The van der Waals surface area contributed by atoms with E-state index in [2.05, 4.69) is 35.0 Å². The predicted octanol–water partition coefficient (Wildman–Crippen LogP) is 5.39. The third-order valence-corrected chi connectivity index (χ3v) is 9.61. The number of para-hydroxylation sites is 3. The minimum Gasteiger partial charge on any atom is -0.493 e. The molecule has 0 spiro atoms. The van der Waals surface area contributed by atoms with Crippen molar-refractivity contribution in [2.24, 2.45) is 5.41 Å². The van der Waals surface area contributed by atoms with Gasteiger partial charge in [-0.25, -0.2) is 0 Å². The zero-order valence-corrected chi connectivity index (χ0v) is 27.5. The van der Waals surface area contributed by atoms with E-state index in [1.165, 1.54) is 0 Å². The molecular formula is C37H42N4O6. The van der Waals surface area contributed by atoms with Gasteiger partial charge in [-0.2, -0.15) is 0 Å². The molecule has 0 saturated carbocycles. The molecule has 1 saturated heterocycles. The number of anilines is 2. The van der Waals surface area contributed by atoms with Gasteiger partial charge in [0.25, 0.3) is 0 Å². The Morgan fingerprint density at radius 3 is 2.51 bits per heavy atom. The molecule has 1 N–H and O–H groups in total. The summed E-state index contributed by atoms with van der Waals surface area (Å²) in [5.74, 6) is 2.78. The van der Waals surface area contributed by atoms with Crippen molar-refractivity contribution >= 4 is 23.1 Å². The van der Waals surface area contributed by atoms with Crippen LogP contribution < -0.4 is 29.2 Å². The summed E-state index contributed by atoms with van der Waals surface area (Å²) >= 11 is 0. The number of methoxy groups -OCH3 is 2. The summed E-state index contributed by atoms with van der Waals surface area (Å²) in [6, 6.07) is 19.2. The molecule has 0 aromatic heterocycles. The van der Waals surface area contributed by atoms with Crippen molar-refractivity contribution in [2.45, 2.75) is 39.3 Å². The number of amides is 1. The Balaban J connectivity index is 1.20. The monoisotopic (exact) mass is 638 g/mol. The number of Topliss-reactive ketones (excluding diaryl/α,β-unsaturated/α-hetero) is 1. The van der Waals surface area contributed by atoms with Crippen molar-refractivity contribution in [3.8, 4) is 23.0 Å². The van der Waals surface area contributed by atoms with Crippen LogP contribution in [0.3, 0.4) is 0 Å². The maximum absolute atomic E-state index is 14.2. The molecule has 3 heterocycles. The Bertz CT molecular complexity index is 1730. The van der Waals surface area contributed by atoms with Crippen molar-refractivity contribution in [3.63, 3.8) is 0 Å². The Hall–Kier alpha value is -4.70. The van der Waals surface area contributed by atoms with Crippen LogP contribution in [0.25, 0.3) is 0 Å². The van der Waals surface area contributed by atoms with Crippen LogP contribution in [0.4, 0.5) is 11.4 Å². The molecule has 0 bridgehead atoms. The van der Waals surface area contributed by atoms with Gasteiger partial charge >= 0.3 is 0 Å². The highest BCUT2D eigenvalue weighted by Gasteiger charge is 2.43. The SMILES string of the molecule is COc1cccc(C2C3=C(CC(C)(C)CC3=O)Nc3ccccc3N2CC(=O)N2CCN(Cc3ccc4c(c3)OCO4)CC2)c1OC. The summed E-state index contributed by atoms with van der Waals surface area (Å²) in [7, 11) is 3.22. The summed E-state index contributed by atoms with van der Waals surface area (Å²) in [6.07, 6.45) is 1.12. The van der Waals surface area contributed by atoms with Crippen LogP contribution in [-0.4, -0.2) is 75.2 Å². The number of fused-ring (bicyclic) bond motifs is 2. The van der Waals surface area contributed by atoms with Crippen LogP contribution in [-0.2, 0) is 16.1 Å². The number of hydrogen-bond acceptors (Lipinski definition) is 9. The Kier molecular flexibility index (Phi) is 8.21. The topological polar surface area (TPSA) is 92.8 Å². The predicted molar refractivity (Wildman–Crippen MR) is 179 cm³/mol. The molecular weight excluding hydrogens is 596 g/mol. The minimum absolute atomic E-state index is 0.0158. The molecule has 47 heavy (non-hydrogen) atoms. The summed E-state index contributed by atoms with van der Waals surface area (Å²) in [5.41, 5.74) is 5.03. The number of nitrogens with one attached hydrogen (secondary N) is 1. The third kappa shape index (κ3) is 5.98. The first-order valence-electron chi connectivity index (χ1n) is 16.2. The fourth-order valence-electron chi connectivity index (χ4n) is 7.38. The number of ketones is 1. The largest absolute Gasteiger partial charge is 0.493 e. The smallest absolute Gasteiger partial charge is 0.242 e. The van der Waals surface area contributed by atoms with E-state index in [0.29, 0.717) is 43.0 Å². The average molecular weight is 639 g/mol. The van der Waals surface area contributed by atoms with Crippen LogP contribution in [0.1, 0.15) is 43.9 Å². The molecule has 0 radical (unpaired) electrons. The summed E-state index contributed by atoms with van der Waals surface area (Å²) in [4.78, 5) is 34.8. The standard InChI is InChI=1S/C37H42N4O6/c1-37(2)19-27-34(29(42)20-37)35(25-8-7-11-31(44-3)36(25)45-4)41(28-10-6-5-9-26(28)38-27)22-33(43)40-16-14-39(15-17-40)21-24-12-13-30-32(18-24)47-23-46-30/h5-13,18,35,38H,14-17,19-23H2,1-4H3. The van der Waals surface area contributed by atoms with Crippen molar-refractivity contribution in [3.05, 3.63) is 83.1 Å². The Morgan fingerprint density at radius 2 is 1.72 bits per heavy atom. The average Bonchev–Trinajstić information content (AvgIpc) is 3.48. The van der Waals surface area contributed by atoms with Crippen molar-refractivity contribution < 1.29 is 28.5 Å². The van der Waals surface area contributed by atoms with E-state index in [0.717, 1.165) is 59.3 Å². The Morgan fingerprint density at radius 1 is 0.936 bits per heavy atom. The van der Waals surface area contributed by atoms with Crippen LogP contribution in [0.2, 0.25) is 0 Å². The number of benzene rings is 3. The van der Waals surface area contributed by atoms with Gasteiger partial charge in [0, 0.05) is 56.0 Å². The molecule has 3 aliphatic heterocycles. The van der Waals surface area contributed by atoms with Crippen molar-refractivity contribution in [1.82, 2.24) is 9.80 Å². The number of carbonyl (C=O) groups excluding carboxylic acids is 2. The quantitative estimate of drug-likeness (QED) is 0.366. The van der Waals surface area contributed by atoms with E-state index >= 15 is 0 Å². The molecule has 3 aromatic carbocycles. The molecule has 7 rings (SSSR count).